The smallest absolute Gasteiger partial charge is 0.295 e. The molecule has 1 atom stereocenters. The number of Topliss-reactive ketones (excluding diaryl/α,β-unsaturated/α-hetero) is 1. The Morgan fingerprint density at radius 2 is 1.74 bits per heavy atom. The zero-order valence-corrected chi connectivity index (χ0v) is 21.0. The summed E-state index contributed by atoms with van der Waals surface area (Å²) in [6.45, 7) is 5.77. The van der Waals surface area contributed by atoms with Crippen LogP contribution in [0.1, 0.15) is 37.4 Å². The Bertz CT molecular complexity index is 1080. The molecule has 0 spiro atoms. The van der Waals surface area contributed by atoms with Gasteiger partial charge in [0.1, 0.15) is 11.5 Å². The summed E-state index contributed by atoms with van der Waals surface area (Å²) in [5, 5.41) is 11.2. The van der Waals surface area contributed by atoms with Crippen molar-refractivity contribution < 1.29 is 28.9 Å². The predicted octanol–water partition coefficient (Wildman–Crippen LogP) is 3.87. The third kappa shape index (κ3) is 5.77. The number of ketones is 1. The maximum Gasteiger partial charge on any atom is 0.295 e. The quantitative estimate of drug-likeness (QED) is 0.296. The van der Waals surface area contributed by atoms with E-state index in [2.05, 4.69) is 0 Å². The molecule has 0 saturated carbocycles. The number of carbonyl (C=O) groups is 2. The minimum absolute atomic E-state index is 0.0459. The number of amides is 1. The number of rotatable bonds is 11. The van der Waals surface area contributed by atoms with Crippen LogP contribution in [0.5, 0.6) is 17.2 Å². The first kappa shape index (κ1) is 26.1. The molecule has 1 fully saturated rings. The molecule has 8 nitrogen and oxygen atoms in total. The van der Waals surface area contributed by atoms with Gasteiger partial charge in [0, 0.05) is 18.7 Å². The van der Waals surface area contributed by atoms with Crippen molar-refractivity contribution >= 4 is 17.4 Å². The van der Waals surface area contributed by atoms with Gasteiger partial charge >= 0.3 is 0 Å². The second kappa shape index (κ2) is 11.8. The number of likely N-dealkylation sites (N-methyl/N-ethyl adjacent to an activating group) is 1. The number of likely N-dealkylation sites (tertiary alicyclic amines) is 1. The van der Waals surface area contributed by atoms with Gasteiger partial charge in [0.25, 0.3) is 11.7 Å². The molecule has 1 aliphatic rings. The van der Waals surface area contributed by atoms with E-state index in [0.717, 1.165) is 6.42 Å². The molecule has 188 valence electrons. The van der Waals surface area contributed by atoms with Crippen LogP contribution < -0.4 is 14.2 Å². The van der Waals surface area contributed by atoms with Crippen LogP contribution in [0, 0.1) is 0 Å². The average molecular weight is 483 g/mol. The van der Waals surface area contributed by atoms with Crippen LogP contribution in [-0.2, 0) is 9.59 Å². The third-order valence-electron chi connectivity index (χ3n) is 5.73. The van der Waals surface area contributed by atoms with Crippen LogP contribution in [0.2, 0.25) is 0 Å². The largest absolute Gasteiger partial charge is 0.507 e. The van der Waals surface area contributed by atoms with Crippen molar-refractivity contribution in [3.05, 3.63) is 59.2 Å². The van der Waals surface area contributed by atoms with Crippen molar-refractivity contribution in [1.29, 1.82) is 0 Å². The summed E-state index contributed by atoms with van der Waals surface area (Å²) >= 11 is 0. The highest BCUT2D eigenvalue weighted by Crippen LogP contribution is 2.42. The van der Waals surface area contributed by atoms with Crippen molar-refractivity contribution in [3.8, 4) is 17.2 Å². The topological polar surface area (TPSA) is 88.5 Å². The lowest BCUT2D eigenvalue weighted by atomic mass is 9.95. The standard InChI is InChI=1S/C27H34N2O6/c1-6-16-35-22-17-19(10-13-21(22)33-5)24-23(26(31)27(32)29(24)15-14-28(3)4)25(30)18-8-11-20(12-9-18)34-7-2/h8-13,17,24,30H,6-7,14-16H2,1-5H3/b25-23-. The average Bonchev–Trinajstić information content (AvgIpc) is 3.11. The number of aliphatic hydroxyl groups excluding tert-OH is 1. The number of hydrogen-bond acceptors (Lipinski definition) is 7. The van der Waals surface area contributed by atoms with Gasteiger partial charge in [0.15, 0.2) is 11.5 Å². The third-order valence-corrected chi connectivity index (χ3v) is 5.73. The van der Waals surface area contributed by atoms with Crippen molar-refractivity contribution in [3.63, 3.8) is 0 Å². The fourth-order valence-electron chi connectivity index (χ4n) is 3.98. The lowest BCUT2D eigenvalue weighted by molar-refractivity contribution is -0.140. The van der Waals surface area contributed by atoms with Crippen LogP contribution in [0.3, 0.4) is 0 Å². The predicted molar refractivity (Wildman–Crippen MR) is 134 cm³/mol. The van der Waals surface area contributed by atoms with Crippen LogP contribution in [0.15, 0.2) is 48.0 Å². The second-order valence-corrected chi connectivity index (χ2v) is 8.51. The van der Waals surface area contributed by atoms with E-state index in [1.54, 1.807) is 49.6 Å². The van der Waals surface area contributed by atoms with E-state index < -0.39 is 17.7 Å². The van der Waals surface area contributed by atoms with Crippen molar-refractivity contribution in [1.82, 2.24) is 9.80 Å². The molecular formula is C27H34N2O6. The maximum absolute atomic E-state index is 13.2. The van der Waals surface area contributed by atoms with Crippen LogP contribution in [-0.4, -0.2) is 74.1 Å². The number of benzene rings is 2. The number of methoxy groups -OCH3 is 1. The first-order valence-corrected chi connectivity index (χ1v) is 11.8. The molecule has 1 amide bonds. The summed E-state index contributed by atoms with van der Waals surface area (Å²) in [5.41, 5.74) is 1.13. The normalized spacial score (nSPS) is 17.2. The maximum atomic E-state index is 13.2. The molecule has 35 heavy (non-hydrogen) atoms. The molecule has 0 radical (unpaired) electrons. The molecule has 1 saturated heterocycles. The summed E-state index contributed by atoms with van der Waals surface area (Å²) in [6.07, 6.45) is 0.812. The Kier molecular flexibility index (Phi) is 8.76. The molecule has 0 aliphatic carbocycles. The minimum Gasteiger partial charge on any atom is -0.507 e. The monoisotopic (exact) mass is 482 g/mol. The highest BCUT2D eigenvalue weighted by molar-refractivity contribution is 6.46. The number of carbonyl (C=O) groups excluding carboxylic acids is 2. The number of ether oxygens (including phenoxy) is 3. The van der Waals surface area contributed by atoms with Gasteiger partial charge in [-0.15, -0.1) is 0 Å². The molecular weight excluding hydrogens is 448 g/mol. The Labute approximate surface area is 206 Å². The molecule has 2 aromatic carbocycles. The van der Waals surface area contributed by atoms with Crippen LogP contribution in [0.25, 0.3) is 5.76 Å². The van der Waals surface area contributed by atoms with E-state index in [1.807, 2.05) is 32.8 Å². The van der Waals surface area contributed by atoms with E-state index in [1.165, 1.54) is 4.90 Å². The van der Waals surface area contributed by atoms with Crippen molar-refractivity contribution in [2.75, 3.05) is 47.5 Å². The fraction of sp³-hybridized carbons (Fsp3) is 0.407. The Morgan fingerprint density at radius 1 is 1.03 bits per heavy atom. The summed E-state index contributed by atoms with van der Waals surface area (Å²) in [7, 11) is 5.36. The Morgan fingerprint density at radius 3 is 2.34 bits per heavy atom. The molecule has 1 unspecified atom stereocenters. The molecule has 1 heterocycles. The van der Waals surface area contributed by atoms with Crippen molar-refractivity contribution in [2.24, 2.45) is 0 Å². The minimum atomic E-state index is -0.767. The van der Waals surface area contributed by atoms with E-state index in [9.17, 15) is 14.7 Å². The molecule has 0 aromatic heterocycles. The summed E-state index contributed by atoms with van der Waals surface area (Å²) in [4.78, 5) is 29.8. The van der Waals surface area contributed by atoms with Gasteiger partial charge in [-0.2, -0.15) is 0 Å². The Balaban J connectivity index is 2.13. The van der Waals surface area contributed by atoms with Crippen molar-refractivity contribution in [2.45, 2.75) is 26.3 Å². The van der Waals surface area contributed by atoms with Crippen LogP contribution in [0.4, 0.5) is 0 Å². The Hall–Kier alpha value is -3.52. The molecule has 2 aromatic rings. The lowest BCUT2D eigenvalue weighted by Gasteiger charge is -2.27. The SMILES string of the molecule is CCCOc1cc(C2/C(=C(/O)c3ccc(OCC)cc3)C(=O)C(=O)N2CCN(C)C)ccc1OC. The first-order chi connectivity index (χ1) is 16.8. The molecule has 0 bridgehead atoms. The van der Waals surface area contributed by atoms with Gasteiger partial charge in [-0.25, -0.2) is 0 Å². The first-order valence-electron chi connectivity index (χ1n) is 11.8. The number of nitrogens with zero attached hydrogens (tertiary/aromatic N) is 2. The van der Waals surface area contributed by atoms with E-state index in [4.69, 9.17) is 14.2 Å². The molecule has 8 heteroatoms. The van der Waals surface area contributed by atoms with Crippen LogP contribution >= 0.6 is 0 Å². The van der Waals surface area contributed by atoms with E-state index in [0.29, 0.717) is 54.7 Å². The zero-order chi connectivity index (χ0) is 25.5. The zero-order valence-electron chi connectivity index (χ0n) is 21.0. The van der Waals surface area contributed by atoms with Gasteiger partial charge in [-0.3, -0.25) is 9.59 Å². The number of aliphatic hydroxyl groups is 1. The second-order valence-electron chi connectivity index (χ2n) is 8.51. The lowest BCUT2D eigenvalue weighted by Crippen LogP contribution is -2.35. The van der Waals surface area contributed by atoms with Gasteiger partial charge in [0.05, 0.1) is 31.9 Å². The van der Waals surface area contributed by atoms with Gasteiger partial charge < -0.3 is 29.1 Å². The van der Waals surface area contributed by atoms with Gasteiger partial charge in [0.2, 0.25) is 0 Å². The van der Waals surface area contributed by atoms with E-state index >= 15 is 0 Å². The summed E-state index contributed by atoms with van der Waals surface area (Å²) in [6, 6.07) is 11.4. The highest BCUT2D eigenvalue weighted by atomic mass is 16.5. The molecule has 3 rings (SSSR count). The number of hydrogen-bond donors (Lipinski definition) is 1. The molecule has 1 N–H and O–H groups in total. The fourth-order valence-corrected chi connectivity index (χ4v) is 3.98. The molecule has 1 aliphatic heterocycles. The van der Waals surface area contributed by atoms with Gasteiger partial charge in [-0.05, 0) is 69.4 Å². The van der Waals surface area contributed by atoms with E-state index in [-0.39, 0.29) is 11.3 Å². The summed E-state index contributed by atoms with van der Waals surface area (Å²) in [5.74, 6) is 0.142. The highest BCUT2D eigenvalue weighted by Gasteiger charge is 2.46. The van der Waals surface area contributed by atoms with Gasteiger partial charge in [-0.1, -0.05) is 13.0 Å². The summed E-state index contributed by atoms with van der Waals surface area (Å²) < 4.78 is 16.8.